The molecule has 0 bridgehead atoms. The lowest BCUT2D eigenvalue weighted by Crippen LogP contribution is -2.29. The third-order valence-corrected chi connectivity index (χ3v) is 5.46. The van der Waals surface area contributed by atoms with Gasteiger partial charge >= 0.3 is 5.97 Å². The highest BCUT2D eigenvalue weighted by molar-refractivity contribution is 8.18. The molecular formula is C23H22N2O3S. The van der Waals surface area contributed by atoms with Crippen LogP contribution in [0, 0.1) is 0 Å². The van der Waals surface area contributed by atoms with Crippen molar-refractivity contribution in [3.05, 3.63) is 82.8 Å². The van der Waals surface area contributed by atoms with Gasteiger partial charge in [-0.25, -0.2) is 9.79 Å². The molecule has 5 nitrogen and oxygen atoms in total. The standard InChI is InChI=1S/C23H22N2O3S/c1-4-13-25-21(26)20(14-16-9-11-17(12-10-16)15(2)3)29-23(25)24-19-8-6-5-7-18(19)22(27)28/h4-12,14-15H,1,13H2,2-3H3,(H,27,28)/b20-14-,24-23?. The molecule has 0 aliphatic carbocycles. The number of amidine groups is 1. The van der Waals surface area contributed by atoms with E-state index in [4.69, 9.17) is 0 Å². The zero-order valence-corrected chi connectivity index (χ0v) is 17.1. The molecule has 0 aromatic heterocycles. The Morgan fingerprint density at radius 3 is 2.52 bits per heavy atom. The van der Waals surface area contributed by atoms with Crippen molar-refractivity contribution in [2.24, 2.45) is 4.99 Å². The van der Waals surface area contributed by atoms with Crippen LogP contribution in [0.1, 0.15) is 41.3 Å². The highest BCUT2D eigenvalue weighted by Gasteiger charge is 2.32. The summed E-state index contributed by atoms with van der Waals surface area (Å²) >= 11 is 1.23. The monoisotopic (exact) mass is 406 g/mol. The summed E-state index contributed by atoms with van der Waals surface area (Å²) in [5.41, 5.74) is 2.56. The molecule has 0 radical (unpaired) electrons. The van der Waals surface area contributed by atoms with Crippen LogP contribution in [0.15, 0.2) is 71.1 Å². The summed E-state index contributed by atoms with van der Waals surface area (Å²) in [7, 11) is 0. The number of carboxylic acids is 1. The van der Waals surface area contributed by atoms with Gasteiger partial charge in [-0.1, -0.05) is 56.3 Å². The number of para-hydroxylation sites is 1. The zero-order chi connectivity index (χ0) is 21.0. The fourth-order valence-electron chi connectivity index (χ4n) is 2.86. The van der Waals surface area contributed by atoms with E-state index in [-0.39, 0.29) is 11.5 Å². The van der Waals surface area contributed by atoms with Gasteiger partial charge in [0.1, 0.15) is 0 Å². The maximum Gasteiger partial charge on any atom is 0.337 e. The van der Waals surface area contributed by atoms with Gasteiger partial charge in [0.25, 0.3) is 5.91 Å². The Kier molecular flexibility index (Phi) is 6.34. The van der Waals surface area contributed by atoms with E-state index in [1.165, 1.54) is 28.3 Å². The predicted octanol–water partition coefficient (Wildman–Crippen LogP) is 5.30. The van der Waals surface area contributed by atoms with Gasteiger partial charge in [0.2, 0.25) is 0 Å². The molecule has 1 aliphatic rings. The number of carboxylic acid groups (broad SMARTS) is 1. The molecule has 148 valence electrons. The Hall–Kier alpha value is -3.12. The fraction of sp³-hybridized carbons (Fsp3) is 0.174. The first-order chi connectivity index (χ1) is 13.9. The van der Waals surface area contributed by atoms with E-state index in [2.05, 4.69) is 37.6 Å². The van der Waals surface area contributed by atoms with Crippen molar-refractivity contribution in [2.75, 3.05) is 6.54 Å². The average molecular weight is 407 g/mol. The molecule has 1 heterocycles. The molecule has 6 heteroatoms. The number of carbonyl (C=O) groups is 2. The number of benzene rings is 2. The lowest BCUT2D eigenvalue weighted by molar-refractivity contribution is -0.121. The van der Waals surface area contributed by atoms with Crippen LogP contribution in [0.25, 0.3) is 6.08 Å². The van der Waals surface area contributed by atoms with Gasteiger partial charge in [-0.3, -0.25) is 9.69 Å². The van der Waals surface area contributed by atoms with Crippen LogP contribution < -0.4 is 0 Å². The van der Waals surface area contributed by atoms with Crippen molar-refractivity contribution < 1.29 is 14.7 Å². The number of hydrogen-bond donors (Lipinski definition) is 1. The minimum atomic E-state index is -1.06. The van der Waals surface area contributed by atoms with E-state index in [9.17, 15) is 14.7 Å². The Morgan fingerprint density at radius 1 is 1.21 bits per heavy atom. The van der Waals surface area contributed by atoms with Gasteiger partial charge in [0, 0.05) is 6.54 Å². The number of aromatic carboxylic acids is 1. The predicted molar refractivity (Wildman–Crippen MR) is 119 cm³/mol. The van der Waals surface area contributed by atoms with Gasteiger partial charge in [-0.2, -0.15) is 0 Å². The average Bonchev–Trinajstić information content (AvgIpc) is 2.98. The van der Waals surface area contributed by atoms with Crippen LogP contribution in [0.5, 0.6) is 0 Å². The summed E-state index contributed by atoms with van der Waals surface area (Å²) in [5.74, 6) is -0.791. The maximum atomic E-state index is 12.9. The second kappa shape index (κ2) is 8.92. The largest absolute Gasteiger partial charge is 0.478 e. The molecule has 1 saturated heterocycles. The van der Waals surface area contributed by atoms with Crippen molar-refractivity contribution >= 4 is 40.6 Å². The first-order valence-electron chi connectivity index (χ1n) is 9.24. The third-order valence-electron chi connectivity index (χ3n) is 4.45. The maximum absolute atomic E-state index is 12.9. The molecule has 0 spiro atoms. The molecular weight excluding hydrogens is 384 g/mol. The number of rotatable bonds is 6. The summed E-state index contributed by atoms with van der Waals surface area (Å²) < 4.78 is 0. The van der Waals surface area contributed by atoms with Crippen molar-refractivity contribution in [2.45, 2.75) is 19.8 Å². The summed E-state index contributed by atoms with van der Waals surface area (Å²) in [6.45, 7) is 8.27. The number of hydrogen-bond acceptors (Lipinski definition) is 4. The highest BCUT2D eigenvalue weighted by Crippen LogP contribution is 2.35. The van der Waals surface area contributed by atoms with Crippen LogP contribution in [-0.2, 0) is 4.79 Å². The normalized spacial score (nSPS) is 16.8. The molecule has 0 atom stereocenters. The molecule has 0 saturated carbocycles. The van der Waals surface area contributed by atoms with Gasteiger partial charge in [0.15, 0.2) is 5.17 Å². The number of thioether (sulfide) groups is 1. The molecule has 29 heavy (non-hydrogen) atoms. The Balaban J connectivity index is 1.96. The van der Waals surface area contributed by atoms with E-state index >= 15 is 0 Å². The number of carbonyl (C=O) groups excluding carboxylic acids is 1. The quantitative estimate of drug-likeness (QED) is 0.522. The molecule has 2 aromatic carbocycles. The van der Waals surface area contributed by atoms with Crippen LogP contribution in [-0.4, -0.2) is 33.6 Å². The minimum Gasteiger partial charge on any atom is -0.478 e. The first-order valence-corrected chi connectivity index (χ1v) is 10.1. The van der Waals surface area contributed by atoms with Crippen LogP contribution in [0.4, 0.5) is 5.69 Å². The molecule has 1 N–H and O–H groups in total. The Labute approximate surface area is 174 Å². The topological polar surface area (TPSA) is 70.0 Å². The minimum absolute atomic E-state index is 0.0910. The van der Waals surface area contributed by atoms with E-state index < -0.39 is 5.97 Å². The Bertz CT molecular complexity index is 1010. The third kappa shape index (κ3) is 4.66. The Morgan fingerprint density at radius 2 is 1.90 bits per heavy atom. The molecule has 1 fully saturated rings. The molecule has 2 aromatic rings. The lowest BCUT2D eigenvalue weighted by Gasteiger charge is -2.13. The van der Waals surface area contributed by atoms with Crippen LogP contribution in [0.3, 0.4) is 0 Å². The second-order valence-corrected chi connectivity index (χ2v) is 7.86. The first kappa shape index (κ1) is 20.6. The molecule has 1 aliphatic heterocycles. The number of aliphatic imine (C=N–C) groups is 1. The van der Waals surface area contributed by atoms with Crippen molar-refractivity contribution in [3.8, 4) is 0 Å². The van der Waals surface area contributed by atoms with Gasteiger partial charge in [-0.15, -0.1) is 6.58 Å². The lowest BCUT2D eigenvalue weighted by atomic mass is 10.0. The smallest absolute Gasteiger partial charge is 0.337 e. The molecule has 0 unspecified atom stereocenters. The van der Waals surface area contributed by atoms with Crippen molar-refractivity contribution in [1.82, 2.24) is 4.90 Å². The van der Waals surface area contributed by atoms with Crippen molar-refractivity contribution in [3.63, 3.8) is 0 Å². The summed E-state index contributed by atoms with van der Waals surface area (Å²) in [5, 5.41) is 9.82. The van der Waals surface area contributed by atoms with Crippen LogP contribution >= 0.6 is 11.8 Å². The highest BCUT2D eigenvalue weighted by atomic mass is 32.2. The van der Waals surface area contributed by atoms with E-state index in [1.54, 1.807) is 24.3 Å². The SMILES string of the molecule is C=CCN1C(=O)/C(=C/c2ccc(C(C)C)cc2)SC1=Nc1ccccc1C(=O)O. The van der Waals surface area contributed by atoms with Gasteiger partial charge in [0.05, 0.1) is 16.2 Å². The number of nitrogens with zero attached hydrogens (tertiary/aromatic N) is 2. The number of amides is 1. The summed E-state index contributed by atoms with van der Waals surface area (Å²) in [4.78, 5) is 30.9. The van der Waals surface area contributed by atoms with E-state index in [1.807, 2.05) is 18.2 Å². The van der Waals surface area contributed by atoms with Gasteiger partial charge < -0.3 is 5.11 Å². The molecule has 1 amide bonds. The summed E-state index contributed by atoms with van der Waals surface area (Å²) in [6, 6.07) is 14.6. The zero-order valence-electron chi connectivity index (χ0n) is 16.3. The molecule has 3 rings (SSSR count). The van der Waals surface area contributed by atoms with E-state index in [0.717, 1.165) is 5.56 Å². The summed E-state index contributed by atoms with van der Waals surface area (Å²) in [6.07, 6.45) is 3.45. The van der Waals surface area contributed by atoms with Crippen LogP contribution in [0.2, 0.25) is 0 Å². The van der Waals surface area contributed by atoms with E-state index in [0.29, 0.717) is 28.2 Å². The second-order valence-electron chi connectivity index (χ2n) is 6.85. The van der Waals surface area contributed by atoms with Crippen molar-refractivity contribution in [1.29, 1.82) is 0 Å². The fourth-order valence-corrected chi connectivity index (χ4v) is 3.87. The van der Waals surface area contributed by atoms with Gasteiger partial charge in [-0.05, 0) is 47.0 Å².